The van der Waals surface area contributed by atoms with Crippen LogP contribution < -0.4 is 4.74 Å². The number of nitrogens with zero attached hydrogens (tertiary/aromatic N) is 1. The number of fused-ring (bicyclic) bond motifs is 5. The predicted octanol–water partition coefficient (Wildman–Crippen LogP) is 6.12. The van der Waals surface area contributed by atoms with E-state index in [1.807, 2.05) is 6.92 Å². The van der Waals surface area contributed by atoms with E-state index in [2.05, 4.69) is 4.98 Å². The van der Waals surface area contributed by atoms with Crippen LogP contribution in [0.15, 0.2) is 36.2 Å². The third kappa shape index (κ3) is 3.85. The first-order valence-electron chi connectivity index (χ1n) is 11.0. The molecule has 5 nitrogen and oxygen atoms in total. The number of aromatic nitrogens is 1. The fourth-order valence-corrected chi connectivity index (χ4v) is 5.25. The topological polar surface area (TPSA) is 68.7 Å². The van der Waals surface area contributed by atoms with Crippen LogP contribution in [0.1, 0.15) is 42.0 Å². The third-order valence-electron chi connectivity index (χ3n) is 6.82. The highest BCUT2D eigenvalue weighted by Gasteiger charge is 2.59. The number of rotatable bonds is 4. The first kappa shape index (κ1) is 23.7. The number of benzene rings is 1. The van der Waals surface area contributed by atoms with E-state index in [0.717, 1.165) is 6.42 Å². The maximum Gasteiger partial charge on any atom is 0.421 e. The number of hydrogen-bond acceptors (Lipinski definition) is 5. The van der Waals surface area contributed by atoms with E-state index in [4.69, 9.17) is 9.47 Å². The summed E-state index contributed by atoms with van der Waals surface area (Å²) in [5.41, 5.74) is -2.21. The van der Waals surface area contributed by atoms with Gasteiger partial charge in [-0.2, -0.15) is 26.3 Å². The number of ether oxygens (including phenoxy) is 2. The zero-order valence-electron chi connectivity index (χ0n) is 18.2. The highest BCUT2D eigenvalue weighted by molar-refractivity contribution is 6.25. The number of halogens is 6. The van der Waals surface area contributed by atoms with E-state index in [1.165, 1.54) is 18.2 Å². The SMILES string of the molecule is CCc1ccc(Oc2ncc(C(F)(F)F)cc2C(F)(F)F)cc1C1=C(O)[C@H]2[C@@H](C1=O)[C@@H]1CC[C@H]2O1. The van der Waals surface area contributed by atoms with Crippen molar-refractivity contribution < 1.29 is 45.7 Å². The Balaban J connectivity index is 1.54. The number of carbonyl (C=O) groups is 1. The number of aliphatic hydroxyl groups excluding tert-OH is 1. The monoisotopic (exact) mass is 499 g/mol. The van der Waals surface area contributed by atoms with Crippen LogP contribution in [-0.4, -0.2) is 28.1 Å². The molecule has 2 bridgehead atoms. The van der Waals surface area contributed by atoms with Gasteiger partial charge in [0.15, 0.2) is 5.78 Å². The van der Waals surface area contributed by atoms with Gasteiger partial charge in [0.1, 0.15) is 17.1 Å². The number of Topliss-reactive ketones (excluding diaryl/α,β-unsaturated/α-hetero) is 1. The summed E-state index contributed by atoms with van der Waals surface area (Å²) in [6.07, 6.45) is -8.58. The molecule has 1 aliphatic carbocycles. The molecular weight excluding hydrogens is 480 g/mol. The van der Waals surface area contributed by atoms with Gasteiger partial charge in [-0.05, 0) is 48.6 Å². The molecule has 2 fully saturated rings. The molecule has 2 aliphatic heterocycles. The molecule has 11 heteroatoms. The van der Waals surface area contributed by atoms with Gasteiger partial charge in [0.2, 0.25) is 5.88 Å². The molecule has 35 heavy (non-hydrogen) atoms. The summed E-state index contributed by atoms with van der Waals surface area (Å²) in [7, 11) is 0. The zero-order valence-corrected chi connectivity index (χ0v) is 18.2. The summed E-state index contributed by atoms with van der Waals surface area (Å²) in [5.74, 6) is -2.59. The Hall–Kier alpha value is -3.08. The maximum atomic E-state index is 13.5. The van der Waals surface area contributed by atoms with E-state index in [9.17, 15) is 36.2 Å². The average molecular weight is 499 g/mol. The molecule has 3 aliphatic rings. The molecule has 2 saturated heterocycles. The van der Waals surface area contributed by atoms with E-state index in [1.54, 1.807) is 0 Å². The largest absolute Gasteiger partial charge is 0.511 e. The van der Waals surface area contributed by atoms with Gasteiger partial charge in [0, 0.05) is 6.20 Å². The van der Waals surface area contributed by atoms with Gasteiger partial charge in [-0.3, -0.25) is 4.79 Å². The molecule has 186 valence electrons. The van der Waals surface area contributed by atoms with Gasteiger partial charge in [-0.25, -0.2) is 4.98 Å². The molecule has 0 saturated carbocycles. The number of aryl methyl sites for hydroxylation is 1. The summed E-state index contributed by atoms with van der Waals surface area (Å²) in [6.45, 7) is 1.81. The van der Waals surface area contributed by atoms with E-state index >= 15 is 0 Å². The molecule has 4 atom stereocenters. The number of alkyl halides is 6. The Morgan fingerprint density at radius 3 is 2.34 bits per heavy atom. The molecule has 0 unspecified atom stereocenters. The van der Waals surface area contributed by atoms with E-state index < -0.39 is 41.2 Å². The zero-order chi connectivity index (χ0) is 25.3. The van der Waals surface area contributed by atoms with Gasteiger partial charge in [-0.15, -0.1) is 0 Å². The van der Waals surface area contributed by atoms with Crippen molar-refractivity contribution in [3.8, 4) is 11.6 Å². The Morgan fingerprint density at radius 2 is 1.74 bits per heavy atom. The van der Waals surface area contributed by atoms with Crippen molar-refractivity contribution in [3.63, 3.8) is 0 Å². The minimum absolute atomic E-state index is 0.0600. The Kier molecular flexibility index (Phi) is 5.39. The van der Waals surface area contributed by atoms with Crippen LogP contribution in [0.3, 0.4) is 0 Å². The summed E-state index contributed by atoms with van der Waals surface area (Å²) in [6, 6.07) is 4.13. The molecule has 0 spiro atoms. The average Bonchev–Trinajstić information content (AvgIpc) is 3.46. The lowest BCUT2D eigenvalue weighted by Crippen LogP contribution is -2.29. The van der Waals surface area contributed by atoms with Crippen LogP contribution in [0, 0.1) is 11.8 Å². The van der Waals surface area contributed by atoms with Gasteiger partial charge in [0.25, 0.3) is 0 Å². The minimum Gasteiger partial charge on any atom is -0.511 e. The van der Waals surface area contributed by atoms with Crippen molar-refractivity contribution in [3.05, 3.63) is 58.5 Å². The number of pyridine rings is 1. The van der Waals surface area contributed by atoms with Crippen LogP contribution in [0.4, 0.5) is 26.3 Å². The standard InChI is InChI=1S/C24H19F6NO4/c1-2-10-3-4-12(34-22-14(24(28,29)30)7-11(9-31-22)23(25,26)27)8-13(10)17-20(32)18-15-5-6-16(35-15)19(18)21(17)33/h3-4,7-9,15-16,18-19,32H,2,5-6H2,1H3/t15-,16+,18-,19+/m1/s1. The van der Waals surface area contributed by atoms with E-state index in [-0.39, 0.29) is 47.3 Å². The van der Waals surface area contributed by atoms with Gasteiger partial charge in [-0.1, -0.05) is 13.0 Å². The summed E-state index contributed by atoms with van der Waals surface area (Å²) in [5, 5.41) is 10.9. The summed E-state index contributed by atoms with van der Waals surface area (Å²) in [4.78, 5) is 16.5. The molecule has 1 N–H and O–H groups in total. The van der Waals surface area contributed by atoms with Gasteiger partial charge in [0.05, 0.1) is 35.2 Å². The molecular formula is C24H19F6NO4. The van der Waals surface area contributed by atoms with Crippen LogP contribution in [-0.2, 0) is 28.3 Å². The van der Waals surface area contributed by atoms with Crippen molar-refractivity contribution in [1.82, 2.24) is 4.98 Å². The Bertz CT molecular complexity index is 1240. The van der Waals surface area contributed by atoms with Crippen molar-refractivity contribution in [2.24, 2.45) is 11.8 Å². The molecule has 1 aromatic carbocycles. The molecule has 3 heterocycles. The Morgan fingerprint density at radius 1 is 1.06 bits per heavy atom. The van der Waals surface area contributed by atoms with Crippen LogP contribution in [0.25, 0.3) is 5.57 Å². The first-order chi connectivity index (χ1) is 16.4. The number of aliphatic hydroxyl groups is 1. The van der Waals surface area contributed by atoms with Crippen LogP contribution >= 0.6 is 0 Å². The predicted molar refractivity (Wildman–Crippen MR) is 110 cm³/mol. The highest BCUT2D eigenvalue weighted by atomic mass is 19.4. The van der Waals surface area contributed by atoms with Gasteiger partial charge < -0.3 is 14.6 Å². The van der Waals surface area contributed by atoms with Crippen molar-refractivity contribution >= 4 is 11.4 Å². The highest BCUT2D eigenvalue weighted by Crippen LogP contribution is 2.54. The van der Waals surface area contributed by atoms with E-state index in [0.29, 0.717) is 24.0 Å². The fraction of sp³-hybridized carbons (Fsp3) is 0.417. The quantitative estimate of drug-likeness (QED) is 0.514. The fourth-order valence-electron chi connectivity index (χ4n) is 5.25. The lowest BCUT2D eigenvalue weighted by molar-refractivity contribution is -0.144. The van der Waals surface area contributed by atoms with Crippen LogP contribution in [0.5, 0.6) is 11.6 Å². The number of hydrogen-bond donors (Lipinski definition) is 1. The second-order valence-corrected chi connectivity index (χ2v) is 8.81. The summed E-state index contributed by atoms with van der Waals surface area (Å²) < 4.78 is 90.3. The minimum atomic E-state index is -5.16. The number of ketones is 1. The smallest absolute Gasteiger partial charge is 0.421 e. The maximum absolute atomic E-state index is 13.5. The molecule has 0 amide bonds. The third-order valence-corrected chi connectivity index (χ3v) is 6.82. The van der Waals surface area contributed by atoms with Crippen LogP contribution in [0.2, 0.25) is 0 Å². The number of carbonyl (C=O) groups excluding carboxylic acids is 1. The number of allylic oxidation sites excluding steroid dienone is 1. The lowest BCUT2D eigenvalue weighted by atomic mass is 9.80. The second-order valence-electron chi connectivity index (χ2n) is 8.81. The second kappa shape index (κ2) is 7.97. The van der Waals surface area contributed by atoms with Crippen molar-refractivity contribution in [2.75, 3.05) is 0 Å². The van der Waals surface area contributed by atoms with Crippen molar-refractivity contribution in [2.45, 2.75) is 50.7 Å². The molecule has 2 aromatic rings. The summed E-state index contributed by atoms with van der Waals surface area (Å²) >= 11 is 0. The van der Waals surface area contributed by atoms with Crippen molar-refractivity contribution in [1.29, 1.82) is 0 Å². The Labute approximate surface area is 195 Å². The molecule has 1 aromatic heterocycles. The lowest BCUT2D eigenvalue weighted by Gasteiger charge is -2.19. The van der Waals surface area contributed by atoms with Gasteiger partial charge >= 0.3 is 12.4 Å². The normalized spacial score (nSPS) is 26.0. The first-order valence-corrected chi connectivity index (χ1v) is 11.0. The molecule has 5 rings (SSSR count). The molecule has 0 radical (unpaired) electrons.